The molecule has 11 nitrogen and oxygen atoms in total. The molecular weight excluding hydrogens is 943 g/mol. The van der Waals surface area contributed by atoms with Gasteiger partial charge in [0.05, 0.1) is 32.0 Å². The third kappa shape index (κ3) is 43.2. The van der Waals surface area contributed by atoms with Crippen molar-refractivity contribution in [3.05, 3.63) is 48.6 Å². The highest BCUT2D eigenvalue weighted by Crippen LogP contribution is 2.23. The summed E-state index contributed by atoms with van der Waals surface area (Å²) < 4.78 is 16.7. The minimum absolute atomic E-state index is 0.0138. The largest absolute Gasteiger partial charge is 0.466 e. The zero-order valence-corrected chi connectivity index (χ0v) is 48.3. The van der Waals surface area contributed by atoms with Crippen molar-refractivity contribution in [3.63, 3.8) is 0 Å². The Morgan fingerprint density at radius 3 is 1.40 bits per heavy atom. The minimum Gasteiger partial charge on any atom is -0.466 e. The summed E-state index contributed by atoms with van der Waals surface area (Å²) in [7, 11) is 0. The van der Waals surface area contributed by atoms with Crippen LogP contribution < -0.4 is 5.32 Å². The molecule has 6 N–H and O–H groups in total. The highest BCUT2D eigenvalue weighted by molar-refractivity contribution is 5.76. The number of aliphatic hydroxyl groups is 5. The lowest BCUT2D eigenvalue weighted by Gasteiger charge is -2.40. The zero-order valence-electron chi connectivity index (χ0n) is 48.3. The number of carbonyl (C=O) groups excluding carboxylic acids is 2. The molecule has 0 aromatic carbocycles. The third-order valence-corrected chi connectivity index (χ3v) is 14.7. The predicted octanol–water partition coefficient (Wildman–Crippen LogP) is 14.8. The van der Waals surface area contributed by atoms with Crippen LogP contribution in [0.3, 0.4) is 0 Å². The number of aliphatic hydroxyl groups excluding tert-OH is 5. The molecular formula is C64H117NO10. The molecule has 11 heteroatoms. The quantitative estimate of drug-likeness (QED) is 0.0195. The van der Waals surface area contributed by atoms with E-state index < -0.39 is 49.5 Å². The van der Waals surface area contributed by atoms with E-state index in [-0.39, 0.29) is 18.5 Å². The monoisotopic (exact) mass is 1060 g/mol. The summed E-state index contributed by atoms with van der Waals surface area (Å²) in [5.41, 5.74) is 0. The lowest BCUT2D eigenvalue weighted by molar-refractivity contribution is -0.302. The van der Waals surface area contributed by atoms with E-state index in [4.69, 9.17) is 14.2 Å². The van der Waals surface area contributed by atoms with Crippen LogP contribution in [0.4, 0.5) is 0 Å². The van der Waals surface area contributed by atoms with Gasteiger partial charge < -0.3 is 45.1 Å². The molecule has 1 aliphatic heterocycles. The zero-order chi connectivity index (χ0) is 54.5. The summed E-state index contributed by atoms with van der Waals surface area (Å²) >= 11 is 0. The fourth-order valence-corrected chi connectivity index (χ4v) is 9.62. The van der Waals surface area contributed by atoms with Crippen LogP contribution in [0.15, 0.2) is 48.6 Å². The van der Waals surface area contributed by atoms with Crippen molar-refractivity contribution in [2.24, 2.45) is 0 Å². The van der Waals surface area contributed by atoms with E-state index in [1.54, 1.807) is 6.08 Å². The van der Waals surface area contributed by atoms with Crippen LogP contribution in [-0.4, -0.2) is 100 Å². The molecule has 1 fully saturated rings. The molecule has 1 heterocycles. The number of ether oxygens (including phenoxy) is 3. The van der Waals surface area contributed by atoms with Crippen molar-refractivity contribution in [1.29, 1.82) is 0 Å². The van der Waals surface area contributed by atoms with Crippen molar-refractivity contribution in [2.75, 3.05) is 19.8 Å². The van der Waals surface area contributed by atoms with Gasteiger partial charge in [0.15, 0.2) is 6.29 Å². The van der Waals surface area contributed by atoms with Gasteiger partial charge in [0, 0.05) is 12.8 Å². The average Bonchev–Trinajstić information content (AvgIpc) is 3.41. The lowest BCUT2D eigenvalue weighted by Crippen LogP contribution is -2.60. The summed E-state index contributed by atoms with van der Waals surface area (Å²) in [5, 5.41) is 54.2. The fourth-order valence-electron chi connectivity index (χ4n) is 9.62. The fraction of sp³-hybridized carbons (Fsp3) is 0.844. The molecule has 0 saturated carbocycles. The SMILES string of the molecule is CCCC/C=C\C/C=C\CCCCCCCC(=O)OCCCCCCCCCCCCCC/C=C\CCCCCCCCCCC(=O)NC(COC1OC(CO)C(O)C(O)C1O)C(O)/C=C/CCCCCCCCC. The second-order valence-electron chi connectivity index (χ2n) is 21.8. The number of rotatable bonds is 54. The van der Waals surface area contributed by atoms with Crippen LogP contribution in [-0.2, 0) is 23.8 Å². The molecule has 0 aliphatic carbocycles. The van der Waals surface area contributed by atoms with E-state index in [0.29, 0.717) is 19.4 Å². The van der Waals surface area contributed by atoms with Crippen molar-refractivity contribution in [1.82, 2.24) is 5.32 Å². The lowest BCUT2D eigenvalue weighted by atomic mass is 9.99. The first-order valence-electron chi connectivity index (χ1n) is 31.4. The normalized spacial score (nSPS) is 19.1. The van der Waals surface area contributed by atoms with Gasteiger partial charge in [-0.1, -0.05) is 236 Å². The number of unbranched alkanes of at least 4 members (excludes halogenated alkanes) is 34. The molecule has 438 valence electrons. The number of hydrogen-bond acceptors (Lipinski definition) is 10. The maximum Gasteiger partial charge on any atom is 0.305 e. The van der Waals surface area contributed by atoms with E-state index in [1.807, 2.05) is 6.08 Å². The Morgan fingerprint density at radius 2 is 0.907 bits per heavy atom. The van der Waals surface area contributed by atoms with Crippen molar-refractivity contribution in [3.8, 4) is 0 Å². The Morgan fingerprint density at radius 1 is 0.493 bits per heavy atom. The molecule has 0 aromatic rings. The molecule has 0 bridgehead atoms. The second-order valence-corrected chi connectivity index (χ2v) is 21.8. The minimum atomic E-state index is -1.57. The number of hydrogen-bond donors (Lipinski definition) is 6. The van der Waals surface area contributed by atoms with Crippen LogP contribution >= 0.6 is 0 Å². The van der Waals surface area contributed by atoms with E-state index in [2.05, 4.69) is 55.6 Å². The van der Waals surface area contributed by atoms with Gasteiger partial charge in [-0.25, -0.2) is 0 Å². The molecule has 1 saturated heterocycles. The summed E-state index contributed by atoms with van der Waals surface area (Å²) in [5.74, 6) is -0.203. The first-order valence-corrected chi connectivity index (χ1v) is 31.4. The van der Waals surface area contributed by atoms with E-state index >= 15 is 0 Å². The number of allylic oxidation sites excluding steroid dienone is 7. The Hall–Kier alpha value is -2.38. The standard InChI is InChI=1S/C64H117NO10/c1-3-5-7-9-11-13-14-15-29-32-36-40-44-48-52-60(69)73-53-49-45-41-37-33-30-27-25-23-21-19-17-16-18-20-22-24-26-28-31-35-39-43-47-51-59(68)65-56(57(67)50-46-42-38-34-12-10-8-6-4-2)55-74-64-63(72)62(71)61(70)58(54-66)75-64/h9,11,14-15,18,20,46,50,56-58,61-64,66-67,70-72H,3-8,10,12-13,16-17,19,21-45,47-49,51-55H2,1-2H3,(H,65,68)/b11-9-,15-14-,20-18-,50-46+. The molecule has 0 spiro atoms. The van der Waals surface area contributed by atoms with Gasteiger partial charge in [0.1, 0.15) is 24.4 Å². The molecule has 1 amide bonds. The number of nitrogens with one attached hydrogen (secondary N) is 1. The predicted molar refractivity (Wildman–Crippen MR) is 310 cm³/mol. The van der Waals surface area contributed by atoms with E-state index in [1.165, 1.54) is 167 Å². The van der Waals surface area contributed by atoms with E-state index in [9.17, 15) is 35.1 Å². The number of carbonyl (C=O) groups is 2. The van der Waals surface area contributed by atoms with Crippen LogP contribution in [0, 0.1) is 0 Å². The Kier molecular flexibility index (Phi) is 50.5. The average molecular weight is 1060 g/mol. The van der Waals surface area contributed by atoms with Crippen LogP contribution in [0.5, 0.6) is 0 Å². The topological polar surface area (TPSA) is 175 Å². The first kappa shape index (κ1) is 70.6. The molecule has 1 aliphatic rings. The molecule has 7 unspecified atom stereocenters. The Labute approximate surface area is 459 Å². The second kappa shape index (κ2) is 53.6. The summed E-state index contributed by atoms with van der Waals surface area (Å²) in [6.45, 7) is 4.27. The molecule has 1 rings (SSSR count). The first-order chi connectivity index (χ1) is 36.7. The van der Waals surface area contributed by atoms with Gasteiger partial charge in [0.2, 0.25) is 5.91 Å². The molecule has 0 aromatic heterocycles. The van der Waals surface area contributed by atoms with Gasteiger partial charge in [0.25, 0.3) is 0 Å². The maximum atomic E-state index is 13.0. The number of amides is 1. The Bertz CT molecular complexity index is 1390. The molecule has 0 radical (unpaired) electrons. The highest BCUT2D eigenvalue weighted by atomic mass is 16.7. The van der Waals surface area contributed by atoms with Crippen molar-refractivity contribution < 1.29 is 49.3 Å². The number of esters is 1. The molecule has 7 atom stereocenters. The van der Waals surface area contributed by atoms with Gasteiger partial charge in [-0.3, -0.25) is 9.59 Å². The summed E-state index contributed by atoms with van der Waals surface area (Å²) in [6.07, 6.45) is 58.0. The molecule has 75 heavy (non-hydrogen) atoms. The van der Waals surface area contributed by atoms with Crippen molar-refractivity contribution in [2.45, 2.75) is 326 Å². The third-order valence-electron chi connectivity index (χ3n) is 14.7. The van der Waals surface area contributed by atoms with Gasteiger partial charge in [-0.05, 0) is 83.5 Å². The van der Waals surface area contributed by atoms with Gasteiger partial charge in [-0.2, -0.15) is 0 Å². The van der Waals surface area contributed by atoms with Gasteiger partial charge in [-0.15, -0.1) is 0 Å². The van der Waals surface area contributed by atoms with Crippen molar-refractivity contribution >= 4 is 11.9 Å². The summed E-state index contributed by atoms with van der Waals surface area (Å²) in [4.78, 5) is 25.0. The van der Waals surface area contributed by atoms with Crippen LogP contribution in [0.1, 0.15) is 284 Å². The van der Waals surface area contributed by atoms with Gasteiger partial charge >= 0.3 is 5.97 Å². The maximum absolute atomic E-state index is 13.0. The highest BCUT2D eigenvalue weighted by Gasteiger charge is 2.44. The smallest absolute Gasteiger partial charge is 0.305 e. The van der Waals surface area contributed by atoms with Crippen LogP contribution in [0.2, 0.25) is 0 Å². The summed E-state index contributed by atoms with van der Waals surface area (Å²) in [6, 6.07) is -0.812. The van der Waals surface area contributed by atoms with E-state index in [0.717, 1.165) is 89.9 Å². The van der Waals surface area contributed by atoms with Crippen LogP contribution in [0.25, 0.3) is 0 Å². The Balaban J connectivity index is 1.99.